The zero-order valence-electron chi connectivity index (χ0n) is 11.3. The summed E-state index contributed by atoms with van der Waals surface area (Å²) in [5.74, 6) is -0.864. The lowest BCUT2D eigenvalue weighted by Crippen LogP contribution is -2.31. The molecule has 0 spiro atoms. The third kappa shape index (κ3) is 4.56. The molecule has 0 aliphatic heterocycles. The van der Waals surface area contributed by atoms with Gasteiger partial charge in [0.25, 0.3) is 0 Å². The number of carbonyl (C=O) groups is 2. The number of thiazole rings is 1. The molecule has 0 saturated heterocycles. The van der Waals surface area contributed by atoms with Crippen LogP contribution in [0.5, 0.6) is 0 Å². The zero-order valence-corrected chi connectivity index (χ0v) is 12.1. The van der Waals surface area contributed by atoms with Gasteiger partial charge in [-0.15, -0.1) is 11.3 Å². The van der Waals surface area contributed by atoms with Crippen LogP contribution in [-0.2, 0) is 11.3 Å². The molecule has 3 N–H and O–H groups in total. The van der Waals surface area contributed by atoms with E-state index in [2.05, 4.69) is 20.7 Å². The fraction of sp³-hybridized carbons (Fsp3) is 0.333. The normalized spacial score (nSPS) is 11.9. The number of nitrogens with one attached hydrogen (secondary N) is 2. The molecule has 2 rings (SSSR count). The van der Waals surface area contributed by atoms with Crippen molar-refractivity contribution in [3.8, 4) is 0 Å². The Kier molecular flexibility index (Phi) is 4.88. The number of aromatic nitrogens is 3. The molecule has 0 bridgehead atoms. The van der Waals surface area contributed by atoms with Crippen molar-refractivity contribution in [2.45, 2.75) is 19.4 Å². The molecular formula is C12H15N5O3S. The number of carbonyl (C=O) groups excluding carboxylic acids is 1. The van der Waals surface area contributed by atoms with Crippen molar-refractivity contribution in [2.75, 3.05) is 11.9 Å². The minimum atomic E-state index is -0.994. The molecule has 21 heavy (non-hydrogen) atoms. The Labute approximate surface area is 124 Å². The molecule has 2 heterocycles. The van der Waals surface area contributed by atoms with Gasteiger partial charge in [0.05, 0.1) is 16.9 Å². The van der Waals surface area contributed by atoms with E-state index in [-0.39, 0.29) is 18.5 Å². The van der Waals surface area contributed by atoms with Gasteiger partial charge in [-0.3, -0.25) is 9.48 Å². The summed E-state index contributed by atoms with van der Waals surface area (Å²) in [7, 11) is 0. The molecule has 2 amide bonds. The van der Waals surface area contributed by atoms with Crippen LogP contribution in [0.4, 0.5) is 10.5 Å². The van der Waals surface area contributed by atoms with Gasteiger partial charge in [-0.25, -0.2) is 9.78 Å². The molecule has 2 aromatic heterocycles. The number of rotatable bonds is 6. The van der Waals surface area contributed by atoms with E-state index in [1.54, 1.807) is 17.5 Å². The van der Waals surface area contributed by atoms with Crippen LogP contribution in [-0.4, -0.2) is 38.4 Å². The predicted molar refractivity (Wildman–Crippen MR) is 77.4 cm³/mol. The number of nitrogens with zero attached hydrogens (tertiary/aromatic N) is 3. The van der Waals surface area contributed by atoms with Crippen molar-refractivity contribution < 1.29 is 14.7 Å². The van der Waals surface area contributed by atoms with E-state index in [0.29, 0.717) is 12.2 Å². The lowest BCUT2D eigenvalue weighted by molar-refractivity contribution is -0.137. The smallest absolute Gasteiger partial charge is 0.325 e. The summed E-state index contributed by atoms with van der Waals surface area (Å²) in [5.41, 5.74) is 0.440. The SMILES string of the molecule is CC(CNC(=O)Nc1cnn(CC(=O)O)c1)c1nccs1. The molecular weight excluding hydrogens is 294 g/mol. The number of anilines is 1. The van der Waals surface area contributed by atoms with E-state index in [4.69, 9.17) is 5.11 Å². The Bertz CT molecular complexity index is 610. The first-order chi connectivity index (χ1) is 10.0. The molecule has 8 nitrogen and oxygen atoms in total. The quantitative estimate of drug-likeness (QED) is 0.746. The van der Waals surface area contributed by atoms with Crippen LogP contribution < -0.4 is 10.6 Å². The topological polar surface area (TPSA) is 109 Å². The zero-order chi connectivity index (χ0) is 15.2. The monoisotopic (exact) mass is 309 g/mol. The van der Waals surface area contributed by atoms with Gasteiger partial charge in [0.15, 0.2) is 0 Å². The minimum absolute atomic E-state index is 0.130. The number of amides is 2. The van der Waals surface area contributed by atoms with E-state index in [1.165, 1.54) is 17.1 Å². The Morgan fingerprint density at radius 2 is 2.33 bits per heavy atom. The Morgan fingerprint density at radius 1 is 1.52 bits per heavy atom. The van der Waals surface area contributed by atoms with E-state index in [0.717, 1.165) is 5.01 Å². The van der Waals surface area contributed by atoms with Gasteiger partial charge >= 0.3 is 12.0 Å². The van der Waals surface area contributed by atoms with Crippen LogP contribution >= 0.6 is 11.3 Å². The highest BCUT2D eigenvalue weighted by atomic mass is 32.1. The van der Waals surface area contributed by atoms with Crippen molar-refractivity contribution in [2.24, 2.45) is 0 Å². The van der Waals surface area contributed by atoms with Crippen molar-refractivity contribution in [3.63, 3.8) is 0 Å². The van der Waals surface area contributed by atoms with Crippen molar-refractivity contribution in [1.82, 2.24) is 20.1 Å². The first kappa shape index (κ1) is 15.0. The maximum absolute atomic E-state index is 11.7. The molecule has 1 unspecified atom stereocenters. The lowest BCUT2D eigenvalue weighted by atomic mass is 10.2. The number of hydrogen-bond acceptors (Lipinski definition) is 5. The Balaban J connectivity index is 1.79. The first-order valence-corrected chi connectivity index (χ1v) is 7.11. The molecule has 0 aromatic carbocycles. The number of carboxylic acid groups (broad SMARTS) is 1. The van der Waals surface area contributed by atoms with E-state index in [1.807, 2.05) is 12.3 Å². The summed E-state index contributed by atoms with van der Waals surface area (Å²) in [4.78, 5) is 26.4. The summed E-state index contributed by atoms with van der Waals surface area (Å²) >= 11 is 1.54. The van der Waals surface area contributed by atoms with Crippen molar-refractivity contribution in [1.29, 1.82) is 0 Å². The van der Waals surface area contributed by atoms with Crippen LogP contribution in [0, 0.1) is 0 Å². The summed E-state index contributed by atoms with van der Waals surface area (Å²) in [6.07, 6.45) is 4.58. The average molecular weight is 309 g/mol. The van der Waals surface area contributed by atoms with E-state index < -0.39 is 5.97 Å². The molecule has 112 valence electrons. The molecule has 0 fully saturated rings. The summed E-state index contributed by atoms with van der Waals surface area (Å²) in [6, 6.07) is -0.367. The van der Waals surface area contributed by atoms with Gasteiger partial charge in [0, 0.05) is 30.2 Å². The van der Waals surface area contributed by atoms with Crippen molar-refractivity contribution in [3.05, 3.63) is 29.0 Å². The van der Waals surface area contributed by atoms with Crippen LogP contribution in [0.25, 0.3) is 0 Å². The standard InChI is InChI=1S/C12H15N5O3S/c1-8(11-13-2-3-21-11)4-14-12(20)16-9-5-15-17(6-9)7-10(18)19/h2-3,5-6,8H,4,7H2,1H3,(H,18,19)(H2,14,16,20). The van der Waals surface area contributed by atoms with Crippen LogP contribution in [0.2, 0.25) is 0 Å². The number of carboxylic acids is 1. The summed E-state index contributed by atoms with van der Waals surface area (Å²) < 4.78 is 1.23. The molecule has 0 aliphatic rings. The predicted octanol–water partition coefficient (Wildman–Crippen LogP) is 1.35. The molecule has 0 saturated carbocycles. The molecule has 0 aliphatic carbocycles. The highest BCUT2D eigenvalue weighted by Crippen LogP contribution is 2.16. The van der Waals surface area contributed by atoms with Gasteiger partial charge in [-0.1, -0.05) is 6.92 Å². The van der Waals surface area contributed by atoms with E-state index >= 15 is 0 Å². The third-order valence-electron chi connectivity index (χ3n) is 2.63. The fourth-order valence-electron chi connectivity index (χ4n) is 1.64. The Hall–Kier alpha value is -2.42. The van der Waals surface area contributed by atoms with Gasteiger partial charge in [-0.2, -0.15) is 5.10 Å². The second kappa shape index (κ2) is 6.84. The minimum Gasteiger partial charge on any atom is -0.480 e. The van der Waals surface area contributed by atoms with Gasteiger partial charge in [0.1, 0.15) is 6.54 Å². The highest BCUT2D eigenvalue weighted by Gasteiger charge is 2.10. The fourth-order valence-corrected chi connectivity index (χ4v) is 2.34. The first-order valence-electron chi connectivity index (χ1n) is 6.23. The van der Waals surface area contributed by atoms with Crippen LogP contribution in [0.15, 0.2) is 24.0 Å². The largest absolute Gasteiger partial charge is 0.480 e. The van der Waals surface area contributed by atoms with Gasteiger partial charge < -0.3 is 15.7 Å². The average Bonchev–Trinajstić information content (AvgIpc) is 3.07. The van der Waals surface area contributed by atoms with Gasteiger partial charge in [0.2, 0.25) is 0 Å². The summed E-state index contributed by atoms with van der Waals surface area (Å²) in [6.45, 7) is 2.19. The van der Waals surface area contributed by atoms with Crippen LogP contribution in [0.3, 0.4) is 0 Å². The summed E-state index contributed by atoms with van der Waals surface area (Å²) in [5, 5.41) is 20.6. The maximum atomic E-state index is 11.7. The Morgan fingerprint density at radius 3 is 3.00 bits per heavy atom. The van der Waals surface area contributed by atoms with Crippen LogP contribution in [0.1, 0.15) is 17.8 Å². The number of hydrogen-bond donors (Lipinski definition) is 3. The molecule has 1 atom stereocenters. The van der Waals surface area contributed by atoms with E-state index in [9.17, 15) is 9.59 Å². The highest BCUT2D eigenvalue weighted by molar-refractivity contribution is 7.09. The van der Waals surface area contributed by atoms with Crippen molar-refractivity contribution >= 4 is 29.0 Å². The molecule has 0 radical (unpaired) electrons. The third-order valence-corrected chi connectivity index (χ3v) is 3.64. The number of urea groups is 1. The molecule has 9 heteroatoms. The second-order valence-corrected chi connectivity index (χ2v) is 5.35. The second-order valence-electron chi connectivity index (χ2n) is 4.43. The van der Waals surface area contributed by atoms with Gasteiger partial charge in [-0.05, 0) is 0 Å². The molecule has 2 aromatic rings. The maximum Gasteiger partial charge on any atom is 0.325 e. The lowest BCUT2D eigenvalue weighted by Gasteiger charge is -2.10. The number of aliphatic carboxylic acids is 1.